The van der Waals surface area contributed by atoms with Gasteiger partial charge in [-0.05, 0) is 30.7 Å². The van der Waals surface area contributed by atoms with Gasteiger partial charge in [0, 0.05) is 11.4 Å². The van der Waals surface area contributed by atoms with Gasteiger partial charge in [-0.3, -0.25) is 9.69 Å². The van der Waals surface area contributed by atoms with Crippen LogP contribution < -0.4 is 5.32 Å². The summed E-state index contributed by atoms with van der Waals surface area (Å²) in [6.07, 6.45) is 0. The standard InChI is InChI=1S/C18H23ClN2OS/c1-13(2)18(14-7-5-4-6-8-14)20-17(22)12-21(3)11-15-9-10-16(19)23-15/h4-10,13,18H,11-12H2,1-3H3,(H,20,22). The van der Waals surface area contributed by atoms with Gasteiger partial charge in [0.1, 0.15) is 0 Å². The normalized spacial score (nSPS) is 12.6. The molecule has 0 aliphatic rings. The highest BCUT2D eigenvalue weighted by molar-refractivity contribution is 7.16. The molecule has 3 nitrogen and oxygen atoms in total. The van der Waals surface area contributed by atoms with E-state index in [1.807, 2.05) is 42.3 Å². The van der Waals surface area contributed by atoms with Gasteiger partial charge in [-0.2, -0.15) is 0 Å². The van der Waals surface area contributed by atoms with Crippen molar-refractivity contribution in [2.24, 2.45) is 5.92 Å². The lowest BCUT2D eigenvalue weighted by molar-refractivity contribution is -0.123. The number of carbonyl (C=O) groups excluding carboxylic acids is 1. The second kappa shape index (κ2) is 8.48. The summed E-state index contributed by atoms with van der Waals surface area (Å²) >= 11 is 7.49. The fourth-order valence-corrected chi connectivity index (χ4v) is 3.69. The van der Waals surface area contributed by atoms with Gasteiger partial charge in [0.2, 0.25) is 5.91 Å². The van der Waals surface area contributed by atoms with Crippen molar-refractivity contribution in [1.82, 2.24) is 10.2 Å². The number of thiophene rings is 1. The van der Waals surface area contributed by atoms with Crippen molar-refractivity contribution in [3.8, 4) is 0 Å². The van der Waals surface area contributed by atoms with Crippen LogP contribution in [-0.2, 0) is 11.3 Å². The lowest BCUT2D eigenvalue weighted by Crippen LogP contribution is -2.38. The zero-order valence-electron chi connectivity index (χ0n) is 13.8. The average Bonchev–Trinajstić information content (AvgIpc) is 2.90. The summed E-state index contributed by atoms with van der Waals surface area (Å²) in [7, 11) is 1.94. The molecule has 1 amide bonds. The minimum absolute atomic E-state index is 0.0354. The molecule has 0 fully saturated rings. The third-order valence-electron chi connectivity index (χ3n) is 3.61. The zero-order valence-corrected chi connectivity index (χ0v) is 15.3. The number of nitrogens with one attached hydrogen (secondary N) is 1. The quantitative estimate of drug-likeness (QED) is 0.805. The number of likely N-dealkylation sites (N-methyl/N-ethyl adjacent to an activating group) is 1. The molecule has 1 aromatic carbocycles. The number of hydrogen-bond donors (Lipinski definition) is 1. The van der Waals surface area contributed by atoms with Gasteiger partial charge in [0.15, 0.2) is 0 Å². The lowest BCUT2D eigenvalue weighted by atomic mass is 9.96. The molecule has 0 spiro atoms. The van der Waals surface area contributed by atoms with Crippen LogP contribution in [0.25, 0.3) is 0 Å². The molecule has 0 saturated carbocycles. The topological polar surface area (TPSA) is 32.3 Å². The predicted octanol–water partition coefficient (Wildman–Crippen LogP) is 4.35. The van der Waals surface area contributed by atoms with Crippen LogP contribution in [0.15, 0.2) is 42.5 Å². The van der Waals surface area contributed by atoms with Gasteiger partial charge in [0.05, 0.1) is 16.9 Å². The number of hydrogen-bond acceptors (Lipinski definition) is 3. The Labute approximate surface area is 147 Å². The Bertz CT molecular complexity index is 627. The molecule has 2 aromatic rings. The molecule has 0 bridgehead atoms. The monoisotopic (exact) mass is 350 g/mol. The first-order chi connectivity index (χ1) is 11.0. The summed E-state index contributed by atoms with van der Waals surface area (Å²) < 4.78 is 0.779. The Morgan fingerprint density at radius 3 is 2.48 bits per heavy atom. The van der Waals surface area contributed by atoms with E-state index in [0.29, 0.717) is 12.5 Å². The Morgan fingerprint density at radius 1 is 1.22 bits per heavy atom. The van der Waals surface area contributed by atoms with Crippen molar-refractivity contribution in [3.63, 3.8) is 0 Å². The Morgan fingerprint density at radius 2 is 1.91 bits per heavy atom. The Balaban J connectivity index is 1.91. The SMILES string of the molecule is CC(C)C(NC(=O)CN(C)Cc1ccc(Cl)s1)c1ccccc1. The maximum absolute atomic E-state index is 12.4. The molecular weight excluding hydrogens is 328 g/mol. The lowest BCUT2D eigenvalue weighted by Gasteiger charge is -2.24. The molecule has 1 aromatic heterocycles. The van der Waals surface area contributed by atoms with E-state index in [1.165, 1.54) is 0 Å². The molecular formula is C18H23ClN2OS. The molecule has 23 heavy (non-hydrogen) atoms. The van der Waals surface area contributed by atoms with Gasteiger partial charge in [-0.1, -0.05) is 55.8 Å². The number of halogens is 1. The number of benzene rings is 1. The van der Waals surface area contributed by atoms with E-state index in [-0.39, 0.29) is 11.9 Å². The van der Waals surface area contributed by atoms with Crippen LogP contribution in [0.3, 0.4) is 0 Å². The van der Waals surface area contributed by atoms with Crippen molar-refractivity contribution >= 4 is 28.8 Å². The fourth-order valence-electron chi connectivity index (χ4n) is 2.52. The van der Waals surface area contributed by atoms with Crippen LogP contribution >= 0.6 is 22.9 Å². The molecule has 124 valence electrons. The van der Waals surface area contributed by atoms with Crippen molar-refractivity contribution in [2.75, 3.05) is 13.6 Å². The van der Waals surface area contributed by atoms with Crippen LogP contribution in [0.4, 0.5) is 0 Å². The number of nitrogens with zero attached hydrogens (tertiary/aromatic N) is 1. The van der Waals surface area contributed by atoms with Crippen molar-refractivity contribution < 1.29 is 4.79 Å². The highest BCUT2D eigenvalue weighted by atomic mass is 35.5. The van der Waals surface area contributed by atoms with Crippen LogP contribution in [0.1, 0.15) is 30.3 Å². The van der Waals surface area contributed by atoms with E-state index in [0.717, 1.165) is 21.3 Å². The van der Waals surface area contributed by atoms with Gasteiger partial charge in [-0.25, -0.2) is 0 Å². The first-order valence-electron chi connectivity index (χ1n) is 7.72. The fraction of sp³-hybridized carbons (Fsp3) is 0.389. The van der Waals surface area contributed by atoms with Gasteiger partial charge >= 0.3 is 0 Å². The van der Waals surface area contributed by atoms with Crippen molar-refractivity contribution in [2.45, 2.75) is 26.4 Å². The van der Waals surface area contributed by atoms with Crippen molar-refractivity contribution in [1.29, 1.82) is 0 Å². The molecule has 1 heterocycles. The predicted molar refractivity (Wildman–Crippen MR) is 97.8 cm³/mol. The number of amides is 1. The second-order valence-electron chi connectivity index (χ2n) is 6.08. The van der Waals surface area contributed by atoms with E-state index in [2.05, 4.69) is 31.3 Å². The molecule has 2 rings (SSSR count). The first-order valence-corrected chi connectivity index (χ1v) is 8.92. The van der Waals surface area contributed by atoms with E-state index in [4.69, 9.17) is 11.6 Å². The minimum atomic E-state index is 0.0354. The Kier molecular flexibility index (Phi) is 6.63. The summed E-state index contributed by atoms with van der Waals surface area (Å²) in [6, 6.07) is 14.0. The van der Waals surface area contributed by atoms with E-state index in [9.17, 15) is 4.79 Å². The van der Waals surface area contributed by atoms with E-state index >= 15 is 0 Å². The third kappa shape index (κ3) is 5.65. The molecule has 1 N–H and O–H groups in total. The summed E-state index contributed by atoms with van der Waals surface area (Å²) in [5.41, 5.74) is 1.14. The van der Waals surface area contributed by atoms with Gasteiger partial charge in [0.25, 0.3) is 0 Å². The third-order valence-corrected chi connectivity index (χ3v) is 4.83. The van der Waals surface area contributed by atoms with E-state index in [1.54, 1.807) is 11.3 Å². The molecule has 0 aliphatic carbocycles. The molecule has 1 unspecified atom stereocenters. The summed E-state index contributed by atoms with van der Waals surface area (Å²) in [5.74, 6) is 0.375. The summed E-state index contributed by atoms with van der Waals surface area (Å²) in [6.45, 7) is 5.33. The molecule has 1 atom stereocenters. The highest BCUT2D eigenvalue weighted by Crippen LogP contribution is 2.23. The summed E-state index contributed by atoms with van der Waals surface area (Å²) in [4.78, 5) is 15.5. The van der Waals surface area contributed by atoms with Gasteiger partial charge < -0.3 is 5.32 Å². The van der Waals surface area contributed by atoms with Crippen LogP contribution in [0.2, 0.25) is 4.34 Å². The largest absolute Gasteiger partial charge is 0.348 e. The Hall–Kier alpha value is -1.36. The van der Waals surface area contributed by atoms with Gasteiger partial charge in [-0.15, -0.1) is 11.3 Å². The second-order valence-corrected chi connectivity index (χ2v) is 7.88. The number of carbonyl (C=O) groups is 1. The first kappa shape index (κ1) is 18.0. The molecule has 0 radical (unpaired) electrons. The molecule has 0 saturated heterocycles. The highest BCUT2D eigenvalue weighted by Gasteiger charge is 2.19. The summed E-state index contributed by atoms with van der Waals surface area (Å²) in [5, 5.41) is 3.15. The van der Waals surface area contributed by atoms with Crippen molar-refractivity contribution in [3.05, 3.63) is 57.2 Å². The molecule has 0 aliphatic heterocycles. The van der Waals surface area contributed by atoms with Crippen LogP contribution in [0, 0.1) is 5.92 Å². The number of rotatable bonds is 7. The smallest absolute Gasteiger partial charge is 0.234 e. The average molecular weight is 351 g/mol. The maximum Gasteiger partial charge on any atom is 0.234 e. The van der Waals surface area contributed by atoms with Crippen LogP contribution in [-0.4, -0.2) is 24.4 Å². The van der Waals surface area contributed by atoms with E-state index < -0.39 is 0 Å². The minimum Gasteiger partial charge on any atom is -0.348 e. The maximum atomic E-state index is 12.4. The molecule has 5 heteroatoms. The zero-order chi connectivity index (χ0) is 16.8. The van der Waals surface area contributed by atoms with Crippen LogP contribution in [0.5, 0.6) is 0 Å².